The summed E-state index contributed by atoms with van der Waals surface area (Å²) >= 11 is 1.85. The molecule has 0 unspecified atom stereocenters. The summed E-state index contributed by atoms with van der Waals surface area (Å²) in [7, 11) is 4.22. The van der Waals surface area contributed by atoms with E-state index in [1.165, 1.54) is 22.1 Å². The van der Waals surface area contributed by atoms with E-state index in [0.717, 1.165) is 22.8 Å². The summed E-state index contributed by atoms with van der Waals surface area (Å²) in [5.74, 6) is -2.61. The van der Waals surface area contributed by atoms with Gasteiger partial charge in [-0.15, -0.1) is 11.8 Å². The lowest BCUT2D eigenvalue weighted by Gasteiger charge is -2.15. The molecule has 0 bridgehead atoms. The first-order valence-electron chi connectivity index (χ1n) is 8.99. The molecular weight excluding hydrogens is 388 g/mol. The van der Waals surface area contributed by atoms with Gasteiger partial charge in [0.05, 0.1) is 5.52 Å². The number of aliphatic carboxylic acids is 2. The van der Waals surface area contributed by atoms with Gasteiger partial charge in [-0.3, -0.25) is 0 Å². The Labute approximate surface area is 174 Å². The van der Waals surface area contributed by atoms with Gasteiger partial charge in [0.2, 0.25) is 0 Å². The maximum atomic E-state index is 9.10. The average Bonchev–Trinajstić information content (AvgIpc) is 2.69. The van der Waals surface area contributed by atoms with Crippen molar-refractivity contribution in [2.24, 2.45) is 0 Å². The van der Waals surface area contributed by atoms with E-state index in [4.69, 9.17) is 24.8 Å². The van der Waals surface area contributed by atoms with Gasteiger partial charge in [-0.2, -0.15) is 0 Å². The van der Waals surface area contributed by atoms with E-state index in [1.54, 1.807) is 0 Å². The van der Waals surface area contributed by atoms with Gasteiger partial charge in [0.25, 0.3) is 0 Å². The number of benzene rings is 2. The number of rotatable bonds is 5. The summed E-state index contributed by atoms with van der Waals surface area (Å²) in [5, 5.41) is 17.2. The molecule has 0 aliphatic heterocycles. The zero-order valence-electron chi connectivity index (χ0n) is 16.6. The van der Waals surface area contributed by atoms with Gasteiger partial charge >= 0.3 is 11.9 Å². The van der Waals surface area contributed by atoms with Crippen molar-refractivity contribution in [3.63, 3.8) is 0 Å². The van der Waals surface area contributed by atoms with E-state index in [2.05, 4.69) is 80.5 Å². The van der Waals surface area contributed by atoms with Crippen LogP contribution in [0.1, 0.15) is 5.56 Å². The summed E-state index contributed by atoms with van der Waals surface area (Å²) in [6, 6.07) is 19.0. The van der Waals surface area contributed by atoms with Crippen molar-refractivity contribution in [1.82, 2.24) is 9.88 Å². The van der Waals surface area contributed by atoms with Crippen LogP contribution >= 0.6 is 11.8 Å². The second-order valence-electron chi connectivity index (χ2n) is 6.56. The molecule has 0 spiro atoms. The predicted octanol–water partition coefficient (Wildman–Crippen LogP) is 4.02. The van der Waals surface area contributed by atoms with Crippen LogP contribution in [0.15, 0.2) is 59.6 Å². The van der Waals surface area contributed by atoms with Crippen molar-refractivity contribution in [3.05, 3.63) is 60.2 Å². The van der Waals surface area contributed by atoms with E-state index < -0.39 is 11.9 Å². The van der Waals surface area contributed by atoms with Crippen LogP contribution in [0.25, 0.3) is 22.0 Å². The molecular formula is C22H24N2O4S. The molecule has 0 radical (unpaired) electrons. The number of aryl methyl sites for hydroxylation is 1. The van der Waals surface area contributed by atoms with Crippen molar-refractivity contribution in [3.8, 4) is 11.1 Å². The topological polar surface area (TPSA) is 90.7 Å². The van der Waals surface area contributed by atoms with Gasteiger partial charge in [-0.25, -0.2) is 14.6 Å². The second kappa shape index (κ2) is 10.6. The fraction of sp³-hybridized carbons (Fsp3) is 0.227. The van der Waals surface area contributed by atoms with Crippen LogP contribution in [0.5, 0.6) is 0 Å². The number of fused-ring (bicyclic) bond motifs is 1. The number of aromatic nitrogens is 1. The zero-order valence-corrected chi connectivity index (χ0v) is 17.4. The second-order valence-corrected chi connectivity index (χ2v) is 7.65. The van der Waals surface area contributed by atoms with Gasteiger partial charge < -0.3 is 15.1 Å². The minimum Gasteiger partial charge on any atom is -0.473 e. The molecule has 6 nitrogen and oxygen atoms in total. The minimum absolute atomic E-state index is 1.04. The standard InChI is InChI=1S/C20H22N2S.C2H2O4/c1-15-17-11-7-8-12-18(17)21-20(23-14-13-22(2)3)19(15)16-9-5-4-6-10-16;3-1(4)2(5)6/h4-12H,13-14H2,1-3H3;(H,3,4)(H,5,6). The quantitative estimate of drug-likeness (QED) is 0.483. The number of carbonyl (C=O) groups is 2. The number of hydrogen-bond acceptors (Lipinski definition) is 5. The van der Waals surface area contributed by atoms with Crippen LogP contribution in [0.4, 0.5) is 0 Å². The maximum absolute atomic E-state index is 9.10. The van der Waals surface area contributed by atoms with Crippen LogP contribution in [-0.2, 0) is 9.59 Å². The van der Waals surface area contributed by atoms with Gasteiger partial charge in [0, 0.05) is 23.2 Å². The molecule has 0 atom stereocenters. The largest absolute Gasteiger partial charge is 0.473 e. The highest BCUT2D eigenvalue weighted by Crippen LogP contribution is 2.36. The molecule has 7 heteroatoms. The van der Waals surface area contributed by atoms with E-state index >= 15 is 0 Å². The number of nitrogens with zero attached hydrogens (tertiary/aromatic N) is 2. The van der Waals surface area contributed by atoms with Crippen molar-refractivity contribution in [2.45, 2.75) is 11.9 Å². The lowest BCUT2D eigenvalue weighted by atomic mass is 9.99. The van der Waals surface area contributed by atoms with E-state index in [9.17, 15) is 0 Å². The normalized spacial score (nSPS) is 10.5. The van der Waals surface area contributed by atoms with Crippen molar-refractivity contribution < 1.29 is 19.8 Å². The fourth-order valence-corrected chi connectivity index (χ4v) is 3.95. The summed E-state index contributed by atoms with van der Waals surface area (Å²) in [5.41, 5.74) is 4.91. The average molecular weight is 413 g/mol. The lowest BCUT2D eigenvalue weighted by molar-refractivity contribution is -0.159. The molecule has 0 aliphatic carbocycles. The van der Waals surface area contributed by atoms with Gasteiger partial charge in [-0.05, 0) is 38.2 Å². The Kier molecular flexibility index (Phi) is 8.18. The van der Waals surface area contributed by atoms with Crippen LogP contribution in [0, 0.1) is 6.92 Å². The number of thioether (sulfide) groups is 1. The molecule has 3 aromatic rings. The SMILES string of the molecule is Cc1c(-c2ccccc2)c(SCCN(C)C)nc2ccccc12.O=C(O)C(=O)O. The minimum atomic E-state index is -1.82. The lowest BCUT2D eigenvalue weighted by Crippen LogP contribution is -2.14. The molecule has 152 valence electrons. The number of pyridine rings is 1. The molecule has 1 heterocycles. The summed E-state index contributed by atoms with van der Waals surface area (Å²) in [6.45, 7) is 3.26. The Balaban J connectivity index is 0.000000438. The summed E-state index contributed by atoms with van der Waals surface area (Å²) in [4.78, 5) is 25.4. The van der Waals surface area contributed by atoms with E-state index in [0.29, 0.717) is 0 Å². The van der Waals surface area contributed by atoms with Gasteiger partial charge in [-0.1, -0.05) is 48.5 Å². The molecule has 0 fully saturated rings. The van der Waals surface area contributed by atoms with Crippen molar-refractivity contribution in [2.75, 3.05) is 26.4 Å². The number of para-hydroxylation sites is 1. The molecule has 0 aliphatic rings. The third kappa shape index (κ3) is 6.30. The third-order valence-corrected chi connectivity index (χ3v) is 5.10. The molecule has 29 heavy (non-hydrogen) atoms. The Hall–Kier alpha value is -2.90. The molecule has 1 aromatic heterocycles. The van der Waals surface area contributed by atoms with E-state index in [-0.39, 0.29) is 0 Å². The van der Waals surface area contributed by atoms with Crippen molar-refractivity contribution in [1.29, 1.82) is 0 Å². The molecule has 0 saturated heterocycles. The zero-order chi connectivity index (χ0) is 21.4. The van der Waals surface area contributed by atoms with Crippen LogP contribution in [-0.4, -0.2) is 58.4 Å². The fourth-order valence-electron chi connectivity index (χ4n) is 2.72. The Bertz CT molecular complexity index is 979. The maximum Gasteiger partial charge on any atom is 0.414 e. The third-order valence-electron chi connectivity index (χ3n) is 4.14. The Morgan fingerprint density at radius 3 is 2.14 bits per heavy atom. The highest BCUT2D eigenvalue weighted by atomic mass is 32.2. The molecule has 2 aromatic carbocycles. The molecule has 3 rings (SSSR count). The monoisotopic (exact) mass is 412 g/mol. The number of carboxylic acid groups (broad SMARTS) is 2. The number of hydrogen-bond donors (Lipinski definition) is 2. The molecule has 2 N–H and O–H groups in total. The van der Waals surface area contributed by atoms with Crippen LogP contribution in [0.3, 0.4) is 0 Å². The highest BCUT2D eigenvalue weighted by Gasteiger charge is 2.14. The van der Waals surface area contributed by atoms with Gasteiger partial charge in [0.15, 0.2) is 0 Å². The van der Waals surface area contributed by atoms with Gasteiger partial charge in [0.1, 0.15) is 5.03 Å². The number of carboxylic acids is 2. The summed E-state index contributed by atoms with van der Waals surface area (Å²) in [6.07, 6.45) is 0. The first-order chi connectivity index (χ1) is 13.8. The van der Waals surface area contributed by atoms with Crippen LogP contribution in [0.2, 0.25) is 0 Å². The Morgan fingerprint density at radius 2 is 1.55 bits per heavy atom. The predicted molar refractivity (Wildman–Crippen MR) is 116 cm³/mol. The van der Waals surface area contributed by atoms with E-state index in [1.807, 2.05) is 11.8 Å². The highest BCUT2D eigenvalue weighted by molar-refractivity contribution is 7.99. The first kappa shape index (κ1) is 22.4. The van der Waals surface area contributed by atoms with Crippen LogP contribution < -0.4 is 0 Å². The molecule has 0 saturated carbocycles. The smallest absolute Gasteiger partial charge is 0.414 e. The van der Waals surface area contributed by atoms with Crippen molar-refractivity contribution >= 4 is 34.6 Å². The Morgan fingerprint density at radius 1 is 0.966 bits per heavy atom. The first-order valence-corrected chi connectivity index (χ1v) is 9.98. The summed E-state index contributed by atoms with van der Waals surface area (Å²) < 4.78 is 0. The molecule has 0 amide bonds.